The monoisotopic (exact) mass is 1180 g/mol. The van der Waals surface area contributed by atoms with E-state index in [0.29, 0.717) is 12.8 Å². The van der Waals surface area contributed by atoms with Gasteiger partial charge in [-0.05, 0) is 103 Å². The van der Waals surface area contributed by atoms with E-state index in [1.165, 1.54) is 135 Å². The molecule has 6 N–H and O–H groups in total. The van der Waals surface area contributed by atoms with E-state index in [0.717, 1.165) is 109 Å². The summed E-state index contributed by atoms with van der Waals surface area (Å²) < 4.78 is 17.7. The minimum absolute atomic E-state index is 0.0976. The Labute approximate surface area is 514 Å². The third-order valence-corrected chi connectivity index (χ3v) is 15.7. The Hall–Kier alpha value is -3.42. The van der Waals surface area contributed by atoms with Gasteiger partial charge in [0.2, 0.25) is 5.91 Å². The number of allylic oxidation sites excluding steroid dienone is 15. The molecule has 0 aromatic carbocycles. The predicted octanol–water partition coefficient (Wildman–Crippen LogP) is 17.5. The van der Waals surface area contributed by atoms with Gasteiger partial charge in [-0.1, -0.05) is 279 Å². The minimum Gasteiger partial charge on any atom is -0.454 e. The molecule has 11 nitrogen and oxygen atoms in total. The van der Waals surface area contributed by atoms with Gasteiger partial charge in [0.25, 0.3) is 0 Å². The second-order valence-corrected chi connectivity index (χ2v) is 23.5. The van der Waals surface area contributed by atoms with Crippen molar-refractivity contribution >= 4 is 11.9 Å². The van der Waals surface area contributed by atoms with Crippen molar-refractivity contribution in [3.63, 3.8) is 0 Å². The lowest BCUT2D eigenvalue weighted by Gasteiger charge is -2.41. The lowest BCUT2D eigenvalue weighted by Crippen LogP contribution is -2.61. The first-order valence-electron chi connectivity index (χ1n) is 34.5. The Balaban J connectivity index is 2.62. The van der Waals surface area contributed by atoms with Crippen molar-refractivity contribution in [3.05, 3.63) is 97.2 Å². The average molecular weight is 1180 g/mol. The van der Waals surface area contributed by atoms with E-state index in [9.17, 15) is 35.1 Å². The maximum Gasteiger partial charge on any atom is 0.306 e. The Bertz CT molecular complexity index is 1740. The summed E-state index contributed by atoms with van der Waals surface area (Å²) >= 11 is 0. The fourth-order valence-electron chi connectivity index (χ4n) is 10.3. The van der Waals surface area contributed by atoms with E-state index < -0.39 is 67.4 Å². The predicted molar refractivity (Wildman–Crippen MR) is 352 cm³/mol. The number of ether oxygens (including phenoxy) is 3. The van der Waals surface area contributed by atoms with E-state index >= 15 is 0 Å². The smallest absolute Gasteiger partial charge is 0.306 e. The first kappa shape index (κ1) is 78.6. The van der Waals surface area contributed by atoms with Crippen molar-refractivity contribution in [2.24, 2.45) is 0 Å². The van der Waals surface area contributed by atoms with Crippen molar-refractivity contribution in [2.45, 2.75) is 339 Å². The van der Waals surface area contributed by atoms with Crippen LogP contribution in [-0.2, 0) is 23.8 Å². The van der Waals surface area contributed by atoms with E-state index in [2.05, 4.69) is 111 Å². The summed E-state index contributed by atoms with van der Waals surface area (Å²) in [4.78, 5) is 26.7. The van der Waals surface area contributed by atoms with E-state index in [-0.39, 0.29) is 19.4 Å². The molecule has 1 rings (SSSR count). The molecule has 84 heavy (non-hydrogen) atoms. The molecular weight excluding hydrogens is 1050 g/mol. The van der Waals surface area contributed by atoms with Gasteiger partial charge in [-0.2, -0.15) is 0 Å². The van der Waals surface area contributed by atoms with Gasteiger partial charge in [0.15, 0.2) is 12.4 Å². The fourth-order valence-corrected chi connectivity index (χ4v) is 10.3. The number of hydrogen-bond donors (Lipinski definition) is 6. The quantitative estimate of drug-likeness (QED) is 0.0195. The lowest BCUT2D eigenvalue weighted by atomic mass is 9.99. The molecule has 1 aliphatic rings. The number of amides is 1. The summed E-state index contributed by atoms with van der Waals surface area (Å²) in [5, 5.41) is 57.2. The molecule has 0 aliphatic carbocycles. The highest BCUT2D eigenvalue weighted by Crippen LogP contribution is 2.26. The molecule has 1 fully saturated rings. The first-order chi connectivity index (χ1) is 41.2. The molecule has 1 saturated heterocycles. The zero-order chi connectivity index (χ0) is 61.0. The Morgan fingerprint density at radius 3 is 1.31 bits per heavy atom. The average Bonchev–Trinajstić information content (AvgIpc) is 3.69. The summed E-state index contributed by atoms with van der Waals surface area (Å²) in [5.41, 5.74) is 0. The number of carbonyl (C=O) groups excluding carboxylic acids is 2. The van der Waals surface area contributed by atoms with E-state index in [1.807, 2.05) is 6.08 Å². The number of hydrogen-bond acceptors (Lipinski definition) is 10. The third-order valence-electron chi connectivity index (χ3n) is 15.7. The van der Waals surface area contributed by atoms with Crippen molar-refractivity contribution in [1.82, 2.24) is 5.32 Å². The van der Waals surface area contributed by atoms with Crippen LogP contribution in [0.15, 0.2) is 97.2 Å². The molecule has 1 heterocycles. The minimum atomic E-state index is -1.63. The number of nitrogens with one attached hydrogen (secondary N) is 1. The molecule has 1 amide bonds. The van der Waals surface area contributed by atoms with Gasteiger partial charge < -0.3 is 45.1 Å². The van der Waals surface area contributed by atoms with Gasteiger partial charge >= 0.3 is 5.97 Å². The number of esters is 1. The maximum atomic E-state index is 13.5. The third kappa shape index (κ3) is 46.8. The van der Waals surface area contributed by atoms with Crippen molar-refractivity contribution in [3.8, 4) is 0 Å². The maximum absolute atomic E-state index is 13.5. The fraction of sp³-hybridized carbons (Fsp3) is 0.753. The van der Waals surface area contributed by atoms with Gasteiger partial charge in [0.05, 0.1) is 25.4 Å². The molecule has 0 spiro atoms. The number of unbranched alkanes of at least 4 members (excludes halogenated alkanes) is 30. The summed E-state index contributed by atoms with van der Waals surface area (Å²) in [5.74, 6) is -1.21. The molecule has 484 valence electrons. The summed E-state index contributed by atoms with van der Waals surface area (Å²) in [6, 6.07) is -1.03. The highest BCUT2D eigenvalue weighted by molar-refractivity contribution is 5.80. The van der Waals surface area contributed by atoms with Crippen LogP contribution in [0.4, 0.5) is 0 Å². The molecule has 0 radical (unpaired) electrons. The summed E-state index contributed by atoms with van der Waals surface area (Å²) in [6.45, 7) is 5.66. The Morgan fingerprint density at radius 1 is 0.476 bits per heavy atom. The molecule has 11 heteroatoms. The van der Waals surface area contributed by atoms with Crippen LogP contribution in [-0.4, -0.2) is 99.6 Å². The molecule has 0 bridgehead atoms. The Kier molecular flexibility index (Phi) is 56.0. The molecule has 8 unspecified atom stereocenters. The Morgan fingerprint density at radius 2 is 0.857 bits per heavy atom. The lowest BCUT2D eigenvalue weighted by molar-refractivity contribution is -0.305. The number of carbonyl (C=O) groups is 2. The molecule has 1 aliphatic heterocycles. The molecule has 0 aromatic heterocycles. The molecule has 0 aromatic rings. The normalized spacial score (nSPS) is 19.1. The van der Waals surface area contributed by atoms with Crippen LogP contribution >= 0.6 is 0 Å². The van der Waals surface area contributed by atoms with Crippen LogP contribution in [0.25, 0.3) is 0 Å². The van der Waals surface area contributed by atoms with Crippen LogP contribution in [0, 0.1) is 0 Å². The van der Waals surface area contributed by atoms with Crippen molar-refractivity contribution < 1.29 is 49.3 Å². The van der Waals surface area contributed by atoms with Crippen molar-refractivity contribution in [2.75, 3.05) is 13.2 Å². The zero-order valence-electron chi connectivity index (χ0n) is 53.7. The van der Waals surface area contributed by atoms with Gasteiger partial charge in [0.1, 0.15) is 24.4 Å². The summed E-state index contributed by atoms with van der Waals surface area (Å²) in [6.07, 6.45) is 70.1. The number of aliphatic hydroxyl groups excluding tert-OH is 5. The standard InChI is InChI=1S/C73H127NO10/c1-4-7-10-13-16-19-22-25-27-29-31-33-35-36-38-40-42-45-48-51-54-57-60-66(77)72(81)74-64(65(76)59-56-53-50-47-44-24-21-18-15-12-9-6-3)63-82-73-71(70(80)69(79)67(62-75)83-73)84-68(78)61-58-55-52-49-46-43-41-39-37-34-32-30-28-26-23-20-17-14-11-8-5-2/h8,11,16-17,19-20,25-28,32,34,39,41,56,59,64-67,69-71,73,75-77,79-80H,4-7,9-10,12-15,18,21-24,29-31,33,35-38,40,42-55,57-58,60-63H2,1-3H3,(H,74,81)/b11-8-,19-16-,20-17-,27-25-,28-26-,34-32-,41-39-,59-56+. The molecule has 8 atom stereocenters. The highest BCUT2D eigenvalue weighted by Gasteiger charge is 2.47. The van der Waals surface area contributed by atoms with Gasteiger partial charge in [0, 0.05) is 6.42 Å². The van der Waals surface area contributed by atoms with E-state index in [1.54, 1.807) is 6.08 Å². The van der Waals surface area contributed by atoms with E-state index in [4.69, 9.17) is 14.2 Å². The van der Waals surface area contributed by atoms with Gasteiger partial charge in [-0.3, -0.25) is 9.59 Å². The van der Waals surface area contributed by atoms with Crippen molar-refractivity contribution in [1.29, 1.82) is 0 Å². The van der Waals surface area contributed by atoms with Crippen LogP contribution in [0.3, 0.4) is 0 Å². The van der Waals surface area contributed by atoms with Gasteiger partial charge in [-0.25, -0.2) is 0 Å². The largest absolute Gasteiger partial charge is 0.454 e. The zero-order valence-corrected chi connectivity index (χ0v) is 53.7. The van der Waals surface area contributed by atoms with Crippen LogP contribution in [0.5, 0.6) is 0 Å². The second kappa shape index (κ2) is 59.9. The van der Waals surface area contributed by atoms with Crippen LogP contribution in [0.2, 0.25) is 0 Å². The SMILES string of the molecule is CC/C=C\C/C=C\C/C=C\C/C=C\C/C=C\CCCCCCCC(=O)OC1C(OCC(NC(=O)C(O)CCCCCCCCCCCCCC/C=C\C/C=C\CCCCC)C(O)/C=C/CCCCCCCCCCCC)OC(CO)C(O)C1O. The number of rotatable bonds is 58. The summed E-state index contributed by atoms with van der Waals surface area (Å²) in [7, 11) is 0. The van der Waals surface area contributed by atoms with Crippen LogP contribution in [0.1, 0.15) is 290 Å². The molecule has 0 saturated carbocycles. The number of aliphatic hydroxyl groups is 5. The topological polar surface area (TPSA) is 175 Å². The highest BCUT2D eigenvalue weighted by atomic mass is 16.7. The second-order valence-electron chi connectivity index (χ2n) is 23.5. The van der Waals surface area contributed by atoms with Gasteiger partial charge in [-0.15, -0.1) is 0 Å². The first-order valence-corrected chi connectivity index (χ1v) is 34.5. The molecular formula is C73H127NO10. The van der Waals surface area contributed by atoms with Crippen LogP contribution < -0.4 is 5.32 Å².